The van der Waals surface area contributed by atoms with Gasteiger partial charge in [-0.3, -0.25) is 9.69 Å². The maximum absolute atomic E-state index is 12.1. The lowest BCUT2D eigenvalue weighted by Gasteiger charge is -2.50. The smallest absolute Gasteiger partial charge is 0.310 e. The fourth-order valence-electron chi connectivity index (χ4n) is 4.37. The molecule has 2 aliphatic heterocycles. The average Bonchev–Trinajstić information content (AvgIpc) is 2.93. The zero-order chi connectivity index (χ0) is 14.9. The summed E-state index contributed by atoms with van der Waals surface area (Å²) in [5.74, 6) is 0.0712. The highest BCUT2D eigenvalue weighted by molar-refractivity contribution is 5.72. The van der Waals surface area contributed by atoms with Crippen LogP contribution in [0.1, 0.15) is 39.5 Å². The normalized spacial score (nSPS) is 35.6. The van der Waals surface area contributed by atoms with E-state index in [-0.39, 0.29) is 17.7 Å². The van der Waals surface area contributed by atoms with Crippen LogP contribution in [-0.4, -0.2) is 55.6 Å². The van der Waals surface area contributed by atoms with Crippen molar-refractivity contribution in [3.63, 3.8) is 0 Å². The van der Waals surface area contributed by atoms with Crippen LogP contribution in [0.5, 0.6) is 0 Å². The average molecular weight is 297 g/mol. The molecule has 1 saturated carbocycles. The highest BCUT2D eigenvalue weighted by atomic mass is 16.7. The van der Waals surface area contributed by atoms with Crippen molar-refractivity contribution in [1.29, 1.82) is 0 Å². The van der Waals surface area contributed by atoms with E-state index in [0.29, 0.717) is 31.8 Å². The fourth-order valence-corrected chi connectivity index (χ4v) is 4.37. The molecule has 0 radical (unpaired) electrons. The number of piperidine rings is 1. The Morgan fingerprint density at radius 2 is 2.10 bits per heavy atom. The summed E-state index contributed by atoms with van der Waals surface area (Å²) in [6.45, 7) is 7.75. The zero-order valence-electron chi connectivity index (χ0n) is 13.2. The van der Waals surface area contributed by atoms with Gasteiger partial charge in [0.25, 0.3) is 0 Å². The van der Waals surface area contributed by atoms with Crippen LogP contribution in [0.15, 0.2) is 0 Å². The standard InChI is InChI=1S/C16H27NO4/c1-3-17-11-13(15(18)19-4-2)9-12-10-16(6-5-14(12)17)20-7-8-21-16/h12-14H,3-11H2,1-2H3. The first kappa shape index (κ1) is 15.3. The third-order valence-corrected chi connectivity index (χ3v) is 5.29. The van der Waals surface area contributed by atoms with E-state index in [1.807, 2.05) is 6.92 Å². The third kappa shape index (κ3) is 2.96. The van der Waals surface area contributed by atoms with Crippen molar-refractivity contribution in [2.75, 3.05) is 32.9 Å². The zero-order valence-corrected chi connectivity index (χ0v) is 13.2. The number of esters is 1. The van der Waals surface area contributed by atoms with E-state index in [1.165, 1.54) is 0 Å². The van der Waals surface area contributed by atoms with Gasteiger partial charge in [-0.25, -0.2) is 0 Å². The van der Waals surface area contributed by atoms with Gasteiger partial charge in [0.2, 0.25) is 0 Å². The van der Waals surface area contributed by atoms with Crippen molar-refractivity contribution < 1.29 is 19.0 Å². The number of carbonyl (C=O) groups is 1. The minimum absolute atomic E-state index is 0.00250. The Hall–Kier alpha value is -0.650. The van der Waals surface area contributed by atoms with E-state index in [1.54, 1.807) is 0 Å². The van der Waals surface area contributed by atoms with E-state index >= 15 is 0 Å². The molecule has 3 atom stereocenters. The first-order chi connectivity index (χ1) is 10.2. The minimum atomic E-state index is -0.364. The molecule has 120 valence electrons. The number of rotatable bonds is 3. The molecule has 2 saturated heterocycles. The summed E-state index contributed by atoms with van der Waals surface area (Å²) < 4.78 is 17.0. The molecule has 3 aliphatic rings. The first-order valence-corrected chi connectivity index (χ1v) is 8.36. The number of fused-ring (bicyclic) bond motifs is 1. The number of carbonyl (C=O) groups excluding carboxylic acids is 1. The van der Waals surface area contributed by atoms with Crippen molar-refractivity contribution in [2.24, 2.45) is 11.8 Å². The van der Waals surface area contributed by atoms with Crippen LogP contribution in [0.3, 0.4) is 0 Å². The maximum atomic E-state index is 12.1. The second-order valence-electron chi connectivity index (χ2n) is 6.45. The molecule has 0 amide bonds. The molecule has 1 aliphatic carbocycles. The molecule has 5 heteroatoms. The van der Waals surface area contributed by atoms with E-state index in [0.717, 1.165) is 38.8 Å². The molecule has 3 fully saturated rings. The van der Waals surface area contributed by atoms with Gasteiger partial charge in [-0.05, 0) is 32.2 Å². The van der Waals surface area contributed by atoms with Crippen LogP contribution in [0.25, 0.3) is 0 Å². The van der Waals surface area contributed by atoms with Crippen LogP contribution in [-0.2, 0) is 19.0 Å². The number of hydrogen-bond donors (Lipinski definition) is 0. The molecule has 0 aromatic carbocycles. The largest absolute Gasteiger partial charge is 0.466 e. The van der Waals surface area contributed by atoms with Gasteiger partial charge in [-0.2, -0.15) is 0 Å². The molecule has 0 aromatic rings. The van der Waals surface area contributed by atoms with Crippen molar-refractivity contribution >= 4 is 5.97 Å². The number of hydrogen-bond acceptors (Lipinski definition) is 5. The SMILES string of the molecule is CCOC(=O)C1CC2CC3(CCC2N(CC)C1)OCCO3. The van der Waals surface area contributed by atoms with Crippen molar-refractivity contribution in [1.82, 2.24) is 4.90 Å². The summed E-state index contributed by atoms with van der Waals surface area (Å²) in [4.78, 5) is 14.6. The predicted molar refractivity (Wildman–Crippen MR) is 77.8 cm³/mol. The Labute approximate surface area is 126 Å². The molecule has 0 N–H and O–H groups in total. The summed E-state index contributed by atoms with van der Waals surface area (Å²) in [6.07, 6.45) is 3.92. The van der Waals surface area contributed by atoms with E-state index in [9.17, 15) is 4.79 Å². The van der Waals surface area contributed by atoms with Gasteiger partial charge in [-0.1, -0.05) is 6.92 Å². The Balaban J connectivity index is 1.71. The molecule has 3 rings (SSSR count). The minimum Gasteiger partial charge on any atom is -0.466 e. The van der Waals surface area contributed by atoms with E-state index in [4.69, 9.17) is 14.2 Å². The molecule has 3 unspecified atom stereocenters. The van der Waals surface area contributed by atoms with Gasteiger partial charge >= 0.3 is 5.97 Å². The molecule has 0 aromatic heterocycles. The van der Waals surface area contributed by atoms with Crippen LogP contribution >= 0.6 is 0 Å². The van der Waals surface area contributed by atoms with Gasteiger partial charge in [-0.15, -0.1) is 0 Å². The monoisotopic (exact) mass is 297 g/mol. The topological polar surface area (TPSA) is 48.0 Å². The number of ether oxygens (including phenoxy) is 3. The van der Waals surface area contributed by atoms with Gasteiger partial charge in [0.15, 0.2) is 5.79 Å². The van der Waals surface area contributed by atoms with Gasteiger partial charge in [0.1, 0.15) is 0 Å². The molecular formula is C16H27NO4. The predicted octanol–water partition coefficient (Wildman–Crippen LogP) is 1.80. The number of nitrogens with zero attached hydrogens (tertiary/aromatic N) is 1. The van der Waals surface area contributed by atoms with Crippen LogP contribution < -0.4 is 0 Å². The molecule has 1 spiro atoms. The van der Waals surface area contributed by atoms with Crippen LogP contribution in [0.2, 0.25) is 0 Å². The third-order valence-electron chi connectivity index (χ3n) is 5.29. The van der Waals surface area contributed by atoms with Crippen molar-refractivity contribution in [3.05, 3.63) is 0 Å². The first-order valence-electron chi connectivity index (χ1n) is 8.36. The molecular weight excluding hydrogens is 270 g/mol. The highest BCUT2D eigenvalue weighted by Crippen LogP contribution is 2.45. The van der Waals surface area contributed by atoms with E-state index < -0.39 is 0 Å². The summed E-state index contributed by atoms with van der Waals surface area (Å²) in [6, 6.07) is 0.569. The van der Waals surface area contributed by atoms with Crippen molar-refractivity contribution in [2.45, 2.75) is 51.4 Å². The van der Waals surface area contributed by atoms with Crippen molar-refractivity contribution in [3.8, 4) is 0 Å². The quantitative estimate of drug-likeness (QED) is 0.744. The Morgan fingerprint density at radius 1 is 1.33 bits per heavy atom. The lowest BCUT2D eigenvalue weighted by atomic mass is 9.72. The van der Waals surface area contributed by atoms with Gasteiger partial charge < -0.3 is 14.2 Å². The van der Waals surface area contributed by atoms with Crippen LogP contribution in [0.4, 0.5) is 0 Å². The highest BCUT2D eigenvalue weighted by Gasteiger charge is 2.49. The lowest BCUT2D eigenvalue weighted by molar-refractivity contribution is -0.204. The van der Waals surface area contributed by atoms with Gasteiger partial charge in [0.05, 0.1) is 25.7 Å². The molecule has 2 heterocycles. The lowest BCUT2D eigenvalue weighted by Crippen LogP contribution is -2.55. The second-order valence-corrected chi connectivity index (χ2v) is 6.45. The second kappa shape index (κ2) is 6.23. The summed E-state index contributed by atoms with van der Waals surface area (Å²) in [5.41, 5.74) is 0. The fraction of sp³-hybridized carbons (Fsp3) is 0.938. The van der Waals surface area contributed by atoms with Gasteiger partial charge in [0, 0.05) is 25.4 Å². The summed E-state index contributed by atoms with van der Waals surface area (Å²) in [7, 11) is 0. The van der Waals surface area contributed by atoms with E-state index in [2.05, 4.69) is 11.8 Å². The summed E-state index contributed by atoms with van der Waals surface area (Å²) in [5, 5.41) is 0. The number of likely N-dealkylation sites (tertiary alicyclic amines) is 1. The summed E-state index contributed by atoms with van der Waals surface area (Å²) >= 11 is 0. The molecule has 0 bridgehead atoms. The Kier molecular flexibility index (Phi) is 4.52. The Bertz CT molecular complexity index is 380. The molecule has 21 heavy (non-hydrogen) atoms. The van der Waals surface area contributed by atoms with Crippen LogP contribution in [0, 0.1) is 11.8 Å². The Morgan fingerprint density at radius 3 is 2.76 bits per heavy atom. The maximum Gasteiger partial charge on any atom is 0.310 e. The molecule has 5 nitrogen and oxygen atoms in total.